The zero-order valence-corrected chi connectivity index (χ0v) is 8.18. The minimum absolute atomic E-state index is 0.0308. The summed E-state index contributed by atoms with van der Waals surface area (Å²) in [4.78, 5) is 28.4. The molecule has 0 amide bonds. The molecule has 2 rings (SSSR count). The molecule has 0 fully saturated rings. The average molecular weight is 216 g/mol. The zero-order valence-electron chi connectivity index (χ0n) is 8.18. The van der Waals surface area contributed by atoms with E-state index in [1.165, 1.54) is 6.20 Å². The predicted octanol–water partition coefficient (Wildman–Crippen LogP) is 1.14. The SMILES string of the molecule is O=C(O)c1cc(=O)[nH]cc1-c1cccnc1. The fourth-order valence-electron chi connectivity index (χ4n) is 1.41. The van der Waals surface area contributed by atoms with Gasteiger partial charge in [0.2, 0.25) is 5.56 Å². The molecule has 0 aromatic carbocycles. The number of carboxylic acid groups (broad SMARTS) is 1. The van der Waals surface area contributed by atoms with Crippen LogP contribution in [0.4, 0.5) is 0 Å². The highest BCUT2D eigenvalue weighted by atomic mass is 16.4. The summed E-state index contributed by atoms with van der Waals surface area (Å²) in [5, 5.41) is 8.98. The van der Waals surface area contributed by atoms with Gasteiger partial charge in [0.05, 0.1) is 5.56 Å². The molecule has 0 saturated carbocycles. The van der Waals surface area contributed by atoms with Crippen molar-refractivity contribution in [3.63, 3.8) is 0 Å². The van der Waals surface area contributed by atoms with Crippen molar-refractivity contribution in [2.45, 2.75) is 0 Å². The molecule has 2 heterocycles. The van der Waals surface area contributed by atoms with E-state index in [4.69, 9.17) is 5.11 Å². The number of H-pyrrole nitrogens is 1. The molecule has 5 nitrogen and oxygen atoms in total. The molecule has 80 valence electrons. The summed E-state index contributed by atoms with van der Waals surface area (Å²) in [6, 6.07) is 4.49. The molecular weight excluding hydrogens is 208 g/mol. The molecule has 0 atom stereocenters. The van der Waals surface area contributed by atoms with Crippen LogP contribution in [0.25, 0.3) is 11.1 Å². The maximum absolute atomic E-state index is 11.0. The number of nitrogens with one attached hydrogen (secondary N) is 1. The predicted molar refractivity (Wildman–Crippen MR) is 57.3 cm³/mol. The molecule has 0 bridgehead atoms. The maximum Gasteiger partial charge on any atom is 0.336 e. The smallest absolute Gasteiger partial charge is 0.336 e. The van der Waals surface area contributed by atoms with Crippen LogP contribution in [0.5, 0.6) is 0 Å². The van der Waals surface area contributed by atoms with Crippen molar-refractivity contribution < 1.29 is 9.90 Å². The minimum atomic E-state index is -1.13. The fraction of sp³-hybridized carbons (Fsp3) is 0. The van der Waals surface area contributed by atoms with E-state index in [9.17, 15) is 9.59 Å². The number of carbonyl (C=O) groups is 1. The van der Waals surface area contributed by atoms with E-state index in [1.807, 2.05) is 0 Å². The van der Waals surface area contributed by atoms with Crippen LogP contribution in [-0.2, 0) is 0 Å². The Kier molecular flexibility index (Phi) is 2.51. The van der Waals surface area contributed by atoms with Gasteiger partial charge in [-0.25, -0.2) is 4.79 Å². The van der Waals surface area contributed by atoms with Gasteiger partial charge in [-0.05, 0) is 6.07 Å². The van der Waals surface area contributed by atoms with E-state index >= 15 is 0 Å². The van der Waals surface area contributed by atoms with E-state index in [0.717, 1.165) is 6.07 Å². The first kappa shape index (κ1) is 10.1. The number of pyridine rings is 2. The largest absolute Gasteiger partial charge is 0.478 e. The third kappa shape index (κ3) is 1.83. The molecule has 0 radical (unpaired) electrons. The number of hydrogen-bond donors (Lipinski definition) is 2. The van der Waals surface area contributed by atoms with E-state index in [0.29, 0.717) is 11.1 Å². The van der Waals surface area contributed by atoms with Crippen molar-refractivity contribution in [1.29, 1.82) is 0 Å². The van der Waals surface area contributed by atoms with Gasteiger partial charge in [0.15, 0.2) is 0 Å². The van der Waals surface area contributed by atoms with Gasteiger partial charge in [-0.1, -0.05) is 6.07 Å². The van der Waals surface area contributed by atoms with Crippen LogP contribution in [-0.4, -0.2) is 21.0 Å². The van der Waals surface area contributed by atoms with Crippen molar-refractivity contribution in [2.75, 3.05) is 0 Å². The molecular formula is C11H8N2O3. The lowest BCUT2D eigenvalue weighted by molar-refractivity contribution is 0.0697. The van der Waals surface area contributed by atoms with Gasteiger partial charge in [0, 0.05) is 35.8 Å². The van der Waals surface area contributed by atoms with E-state index in [1.54, 1.807) is 24.5 Å². The highest BCUT2D eigenvalue weighted by Crippen LogP contribution is 2.20. The molecule has 2 aromatic rings. The summed E-state index contributed by atoms with van der Waals surface area (Å²) >= 11 is 0. The van der Waals surface area contributed by atoms with Gasteiger partial charge >= 0.3 is 5.97 Å². The Hall–Kier alpha value is -2.43. The topological polar surface area (TPSA) is 83.0 Å². The van der Waals surface area contributed by atoms with Crippen LogP contribution >= 0.6 is 0 Å². The van der Waals surface area contributed by atoms with Crippen molar-refractivity contribution in [1.82, 2.24) is 9.97 Å². The number of nitrogens with zero attached hydrogens (tertiary/aromatic N) is 1. The average Bonchev–Trinajstić information content (AvgIpc) is 2.30. The highest BCUT2D eigenvalue weighted by molar-refractivity contribution is 5.95. The number of aromatic amines is 1. The number of hydrogen-bond acceptors (Lipinski definition) is 3. The van der Waals surface area contributed by atoms with Gasteiger partial charge in [-0.15, -0.1) is 0 Å². The van der Waals surface area contributed by atoms with Crippen molar-refractivity contribution in [3.05, 3.63) is 52.7 Å². The summed E-state index contributed by atoms with van der Waals surface area (Å²) in [6.45, 7) is 0. The molecule has 0 aliphatic carbocycles. The Morgan fingerprint density at radius 2 is 2.25 bits per heavy atom. The number of aromatic carboxylic acids is 1. The second-order valence-electron chi connectivity index (χ2n) is 3.17. The van der Waals surface area contributed by atoms with E-state index in [-0.39, 0.29) is 5.56 Å². The van der Waals surface area contributed by atoms with Crippen LogP contribution in [0, 0.1) is 0 Å². The normalized spacial score (nSPS) is 10.0. The Bertz CT molecular complexity index is 575. The molecule has 2 aromatic heterocycles. The van der Waals surface area contributed by atoms with Crippen LogP contribution in [0.15, 0.2) is 41.6 Å². The molecule has 0 saturated heterocycles. The van der Waals surface area contributed by atoms with Crippen LogP contribution < -0.4 is 5.56 Å². The molecule has 0 unspecified atom stereocenters. The highest BCUT2D eigenvalue weighted by Gasteiger charge is 2.12. The van der Waals surface area contributed by atoms with E-state index in [2.05, 4.69) is 9.97 Å². The van der Waals surface area contributed by atoms with Crippen molar-refractivity contribution in [3.8, 4) is 11.1 Å². The first-order valence-electron chi connectivity index (χ1n) is 4.55. The first-order valence-corrected chi connectivity index (χ1v) is 4.55. The first-order chi connectivity index (χ1) is 7.68. The summed E-state index contributed by atoms with van der Waals surface area (Å²) in [5.41, 5.74) is 0.623. The summed E-state index contributed by atoms with van der Waals surface area (Å²) < 4.78 is 0. The Morgan fingerprint density at radius 1 is 1.44 bits per heavy atom. The lowest BCUT2D eigenvalue weighted by Crippen LogP contribution is -2.10. The lowest BCUT2D eigenvalue weighted by atomic mass is 10.0. The molecule has 0 spiro atoms. The number of aromatic nitrogens is 2. The van der Waals surface area contributed by atoms with Crippen molar-refractivity contribution >= 4 is 5.97 Å². The molecule has 2 N–H and O–H groups in total. The summed E-state index contributed by atoms with van der Waals surface area (Å²) in [7, 11) is 0. The second-order valence-corrected chi connectivity index (χ2v) is 3.17. The van der Waals surface area contributed by atoms with Gasteiger partial charge in [0.25, 0.3) is 0 Å². The second kappa shape index (κ2) is 3.98. The van der Waals surface area contributed by atoms with Crippen LogP contribution in [0.3, 0.4) is 0 Å². The van der Waals surface area contributed by atoms with Gasteiger partial charge in [-0.3, -0.25) is 9.78 Å². The van der Waals surface area contributed by atoms with Crippen LogP contribution in [0.2, 0.25) is 0 Å². The molecule has 5 heteroatoms. The molecule has 16 heavy (non-hydrogen) atoms. The minimum Gasteiger partial charge on any atom is -0.478 e. The summed E-state index contributed by atoms with van der Waals surface area (Å²) in [6.07, 6.45) is 4.51. The fourth-order valence-corrected chi connectivity index (χ4v) is 1.41. The molecule has 0 aliphatic heterocycles. The third-order valence-corrected chi connectivity index (χ3v) is 2.13. The molecule has 0 aliphatic rings. The zero-order chi connectivity index (χ0) is 11.5. The lowest BCUT2D eigenvalue weighted by Gasteiger charge is -2.04. The van der Waals surface area contributed by atoms with E-state index < -0.39 is 11.5 Å². The number of carboxylic acids is 1. The number of rotatable bonds is 2. The van der Waals surface area contributed by atoms with Gasteiger partial charge in [0.1, 0.15) is 0 Å². The van der Waals surface area contributed by atoms with Crippen molar-refractivity contribution in [2.24, 2.45) is 0 Å². The Labute approximate surface area is 90.4 Å². The Morgan fingerprint density at radius 3 is 2.88 bits per heavy atom. The standard InChI is InChI=1S/C11H8N2O3/c14-10-4-8(11(15)16)9(6-13-10)7-2-1-3-12-5-7/h1-6H,(H,13,14)(H,15,16). The van der Waals surface area contributed by atoms with Gasteiger partial charge < -0.3 is 10.1 Å². The Balaban J connectivity index is 2.66. The summed E-state index contributed by atoms with van der Waals surface area (Å²) in [5.74, 6) is -1.13. The monoisotopic (exact) mass is 216 g/mol. The quantitative estimate of drug-likeness (QED) is 0.788. The maximum atomic E-state index is 11.0. The van der Waals surface area contributed by atoms with Gasteiger partial charge in [-0.2, -0.15) is 0 Å². The third-order valence-electron chi connectivity index (χ3n) is 2.13. The van der Waals surface area contributed by atoms with Crippen LogP contribution in [0.1, 0.15) is 10.4 Å².